The van der Waals surface area contributed by atoms with Crippen LogP contribution in [-0.4, -0.2) is 5.78 Å². The molecule has 0 unspecified atom stereocenters. The molecule has 3 heteroatoms. The summed E-state index contributed by atoms with van der Waals surface area (Å²) in [4.78, 5) is 12.0. The average molecular weight is 307 g/mol. The molecule has 1 nitrogen and oxygen atoms in total. The predicted octanol–water partition coefficient (Wildman–Crippen LogP) is 5.18. The Morgan fingerprint density at radius 2 is 1.95 bits per heavy atom. The summed E-state index contributed by atoms with van der Waals surface area (Å²) in [6.07, 6.45) is 6.77. The number of rotatable bonds is 2. The molecule has 2 bridgehead atoms. The van der Waals surface area contributed by atoms with E-state index in [-0.39, 0.29) is 17.1 Å². The zero-order chi connectivity index (χ0) is 14.5. The van der Waals surface area contributed by atoms with Gasteiger partial charge < -0.3 is 0 Å². The standard InChI is InChI=1S/C17H16Cl2O/c1-17(2)13-9-14(17)16(20)7-11(13)4-3-10-5-6-12(18)8-15(10)19/h3-8,13-14H,9H2,1-2H3/b4-3+/t13-,14+/m0/s1. The van der Waals surface area contributed by atoms with Crippen LogP contribution >= 0.6 is 23.2 Å². The Morgan fingerprint density at radius 1 is 1.20 bits per heavy atom. The van der Waals surface area contributed by atoms with E-state index in [0.29, 0.717) is 16.0 Å². The predicted molar refractivity (Wildman–Crippen MR) is 84.0 cm³/mol. The fraction of sp³-hybridized carbons (Fsp3) is 0.353. The van der Waals surface area contributed by atoms with Crippen LogP contribution in [0.3, 0.4) is 0 Å². The molecule has 0 aliphatic heterocycles. The average Bonchev–Trinajstić information content (AvgIpc) is 2.36. The molecule has 0 saturated heterocycles. The lowest BCUT2D eigenvalue weighted by Crippen LogP contribution is -2.52. The van der Waals surface area contributed by atoms with E-state index in [4.69, 9.17) is 23.2 Å². The van der Waals surface area contributed by atoms with E-state index in [2.05, 4.69) is 13.8 Å². The first-order valence-corrected chi connectivity index (χ1v) is 7.54. The summed E-state index contributed by atoms with van der Waals surface area (Å²) in [5, 5.41) is 1.25. The van der Waals surface area contributed by atoms with Gasteiger partial charge in [-0.15, -0.1) is 0 Å². The van der Waals surface area contributed by atoms with E-state index in [1.165, 1.54) is 0 Å². The van der Waals surface area contributed by atoms with Crippen molar-refractivity contribution in [3.8, 4) is 0 Å². The Labute approximate surface area is 129 Å². The van der Waals surface area contributed by atoms with Gasteiger partial charge in [-0.25, -0.2) is 0 Å². The molecule has 1 saturated carbocycles. The molecular weight excluding hydrogens is 291 g/mol. The molecule has 1 aromatic rings. The fourth-order valence-electron chi connectivity index (χ4n) is 3.33. The number of halogens is 2. The van der Waals surface area contributed by atoms with Crippen molar-refractivity contribution in [2.75, 3.05) is 0 Å². The summed E-state index contributed by atoms with van der Waals surface area (Å²) in [6.45, 7) is 4.36. The highest BCUT2D eigenvalue weighted by atomic mass is 35.5. The molecule has 0 amide bonds. The first kappa shape index (κ1) is 13.9. The molecule has 0 radical (unpaired) electrons. The smallest absolute Gasteiger partial charge is 0.159 e. The number of allylic oxidation sites excluding steroid dienone is 3. The van der Waals surface area contributed by atoms with E-state index in [0.717, 1.165) is 17.6 Å². The summed E-state index contributed by atoms with van der Waals surface area (Å²) in [6, 6.07) is 5.43. The van der Waals surface area contributed by atoms with E-state index in [1.54, 1.807) is 12.1 Å². The van der Waals surface area contributed by atoms with E-state index < -0.39 is 0 Å². The Hall–Kier alpha value is -1.05. The van der Waals surface area contributed by atoms with Gasteiger partial charge in [0, 0.05) is 16.0 Å². The second-order valence-corrected chi connectivity index (χ2v) is 7.05. The largest absolute Gasteiger partial charge is 0.295 e. The van der Waals surface area contributed by atoms with Crippen molar-refractivity contribution < 1.29 is 4.79 Å². The molecule has 20 heavy (non-hydrogen) atoms. The van der Waals surface area contributed by atoms with E-state index in [9.17, 15) is 4.79 Å². The molecule has 3 aliphatic carbocycles. The number of hydrogen-bond donors (Lipinski definition) is 0. The molecule has 1 fully saturated rings. The lowest BCUT2D eigenvalue weighted by molar-refractivity contribution is -0.133. The van der Waals surface area contributed by atoms with Gasteiger partial charge in [-0.1, -0.05) is 55.3 Å². The number of ketones is 1. The van der Waals surface area contributed by atoms with Gasteiger partial charge >= 0.3 is 0 Å². The van der Waals surface area contributed by atoms with Crippen LogP contribution in [0.25, 0.3) is 6.08 Å². The monoisotopic (exact) mass is 306 g/mol. The van der Waals surface area contributed by atoms with E-state index >= 15 is 0 Å². The minimum Gasteiger partial charge on any atom is -0.295 e. The maximum absolute atomic E-state index is 12.0. The molecule has 1 aromatic carbocycles. The summed E-state index contributed by atoms with van der Waals surface area (Å²) < 4.78 is 0. The molecule has 2 atom stereocenters. The molecular formula is C17H16Cl2O. The Bertz CT molecular complexity index is 640. The molecule has 0 aromatic heterocycles. The molecule has 4 rings (SSSR count). The van der Waals surface area contributed by atoms with Crippen LogP contribution in [-0.2, 0) is 4.79 Å². The molecule has 3 aliphatic rings. The second kappa shape index (κ2) is 4.75. The number of carbonyl (C=O) groups excluding carboxylic acids is 1. The lowest BCUT2D eigenvalue weighted by Gasteiger charge is -2.54. The topological polar surface area (TPSA) is 17.1 Å². The number of carbonyl (C=O) groups is 1. The summed E-state index contributed by atoms with van der Waals surface area (Å²) in [7, 11) is 0. The minimum atomic E-state index is 0.0926. The van der Waals surface area contributed by atoms with Crippen LogP contribution in [0.15, 0.2) is 35.9 Å². The first-order valence-electron chi connectivity index (χ1n) is 6.78. The van der Waals surface area contributed by atoms with Gasteiger partial charge in [0.25, 0.3) is 0 Å². The zero-order valence-electron chi connectivity index (χ0n) is 11.5. The summed E-state index contributed by atoms with van der Waals surface area (Å²) in [5.74, 6) is 0.954. The summed E-state index contributed by atoms with van der Waals surface area (Å²) in [5.41, 5.74) is 2.13. The van der Waals surface area contributed by atoms with Crippen LogP contribution in [0, 0.1) is 17.3 Å². The van der Waals surface area contributed by atoms with Crippen LogP contribution in [0.5, 0.6) is 0 Å². The van der Waals surface area contributed by atoms with Crippen molar-refractivity contribution in [2.45, 2.75) is 20.3 Å². The fourth-order valence-corrected chi connectivity index (χ4v) is 3.80. The third-order valence-electron chi connectivity index (χ3n) is 4.74. The normalized spacial score (nSPS) is 27.4. The highest BCUT2D eigenvalue weighted by Crippen LogP contribution is 2.58. The Kier molecular flexibility index (Phi) is 3.30. The van der Waals surface area contributed by atoms with Gasteiger partial charge in [-0.3, -0.25) is 4.79 Å². The third-order valence-corrected chi connectivity index (χ3v) is 5.30. The molecule has 104 valence electrons. The summed E-state index contributed by atoms with van der Waals surface area (Å²) >= 11 is 12.0. The Morgan fingerprint density at radius 3 is 2.55 bits per heavy atom. The maximum atomic E-state index is 12.0. The zero-order valence-corrected chi connectivity index (χ0v) is 13.0. The SMILES string of the molecule is CC1(C)[C@@H]2C[C@H]1C(/C=C/c1ccc(Cl)cc1Cl)=CC2=O. The maximum Gasteiger partial charge on any atom is 0.159 e. The van der Waals surface area contributed by atoms with Crippen LogP contribution in [0.4, 0.5) is 0 Å². The van der Waals surface area contributed by atoms with Gasteiger partial charge in [-0.05, 0) is 47.1 Å². The third kappa shape index (κ3) is 2.13. The van der Waals surface area contributed by atoms with Crippen molar-refractivity contribution >= 4 is 35.1 Å². The Balaban J connectivity index is 1.88. The van der Waals surface area contributed by atoms with Crippen LogP contribution < -0.4 is 0 Å². The first-order chi connectivity index (χ1) is 9.39. The van der Waals surface area contributed by atoms with Gasteiger partial charge in [0.1, 0.15) is 0 Å². The van der Waals surface area contributed by atoms with E-state index in [1.807, 2.05) is 24.3 Å². The van der Waals surface area contributed by atoms with Crippen LogP contribution in [0.1, 0.15) is 25.8 Å². The van der Waals surface area contributed by atoms with Crippen molar-refractivity contribution in [1.82, 2.24) is 0 Å². The van der Waals surface area contributed by atoms with Gasteiger partial charge in [-0.2, -0.15) is 0 Å². The van der Waals surface area contributed by atoms with Crippen molar-refractivity contribution in [3.63, 3.8) is 0 Å². The second-order valence-electron chi connectivity index (χ2n) is 6.21. The number of hydrogen-bond acceptors (Lipinski definition) is 1. The minimum absolute atomic E-state index is 0.0926. The quantitative estimate of drug-likeness (QED) is 0.736. The van der Waals surface area contributed by atoms with Gasteiger partial charge in [0.15, 0.2) is 5.78 Å². The molecule has 0 heterocycles. The van der Waals surface area contributed by atoms with Crippen molar-refractivity contribution in [2.24, 2.45) is 17.3 Å². The molecule has 0 spiro atoms. The molecule has 0 N–H and O–H groups in total. The number of benzene rings is 1. The van der Waals surface area contributed by atoms with Crippen molar-refractivity contribution in [1.29, 1.82) is 0 Å². The highest BCUT2D eigenvalue weighted by molar-refractivity contribution is 6.35. The number of fused-ring (bicyclic) bond motifs is 1. The van der Waals surface area contributed by atoms with Crippen molar-refractivity contribution in [3.05, 3.63) is 51.5 Å². The van der Waals surface area contributed by atoms with Crippen LogP contribution in [0.2, 0.25) is 10.0 Å². The van der Waals surface area contributed by atoms with Gasteiger partial charge in [0.05, 0.1) is 0 Å². The van der Waals surface area contributed by atoms with Gasteiger partial charge in [0.2, 0.25) is 0 Å². The highest BCUT2D eigenvalue weighted by Gasteiger charge is 2.54. The lowest BCUT2D eigenvalue weighted by atomic mass is 9.48.